The van der Waals surface area contributed by atoms with Gasteiger partial charge in [-0.2, -0.15) is 13.2 Å². The van der Waals surface area contributed by atoms with Gasteiger partial charge in [-0.3, -0.25) is 10.1 Å². The van der Waals surface area contributed by atoms with Crippen LogP contribution in [0.15, 0.2) is 0 Å². The molecule has 1 aromatic heterocycles. The maximum atomic E-state index is 12.4. The van der Waals surface area contributed by atoms with E-state index >= 15 is 0 Å². The first kappa shape index (κ1) is 18.5. The minimum absolute atomic E-state index is 0.0366. The first-order chi connectivity index (χ1) is 9.89. The molecule has 1 heterocycles. The second kappa shape index (κ2) is 6.27. The van der Waals surface area contributed by atoms with Crippen molar-refractivity contribution in [1.82, 2.24) is 9.88 Å². The van der Waals surface area contributed by atoms with Crippen molar-refractivity contribution in [2.24, 2.45) is 7.05 Å². The minimum atomic E-state index is -4.64. The van der Waals surface area contributed by atoms with Crippen molar-refractivity contribution in [2.45, 2.75) is 32.3 Å². The molecule has 10 heteroatoms. The molecule has 22 heavy (non-hydrogen) atoms. The van der Waals surface area contributed by atoms with Crippen molar-refractivity contribution in [3.8, 4) is 0 Å². The first-order valence-electron chi connectivity index (χ1n) is 6.02. The van der Waals surface area contributed by atoms with E-state index in [1.54, 1.807) is 5.32 Å². The molecule has 1 rings (SSSR count). The van der Waals surface area contributed by atoms with Gasteiger partial charge < -0.3 is 14.8 Å². The summed E-state index contributed by atoms with van der Waals surface area (Å²) in [5.41, 5.74) is -0.661. The number of nitrogens with zero attached hydrogens (tertiary/aromatic N) is 1. The van der Waals surface area contributed by atoms with Crippen LogP contribution in [-0.2, 0) is 7.05 Å². The molecular weight excluding hydrogens is 329 g/mol. The number of nitrogens with one attached hydrogen (secondary N) is 1. The maximum absolute atomic E-state index is 12.4. The van der Waals surface area contributed by atoms with Crippen molar-refractivity contribution in [3.63, 3.8) is 0 Å². The number of hydrogen-bond acceptors (Lipinski definition) is 4. The molecule has 0 aliphatic rings. The van der Waals surface area contributed by atoms with E-state index in [4.69, 9.17) is 16.7 Å². The van der Waals surface area contributed by atoms with Crippen LogP contribution in [0.4, 0.5) is 13.2 Å². The summed E-state index contributed by atoms with van der Waals surface area (Å²) in [5.74, 6) is -2.49. The smallest absolute Gasteiger partial charge is 0.403 e. The van der Waals surface area contributed by atoms with E-state index < -0.39 is 30.2 Å². The van der Waals surface area contributed by atoms with Crippen LogP contribution in [0, 0.1) is 6.92 Å². The lowest BCUT2D eigenvalue weighted by Crippen LogP contribution is -2.49. The van der Waals surface area contributed by atoms with Crippen molar-refractivity contribution in [1.29, 1.82) is 0 Å². The number of carbonyl (C=O) groups excluding carboxylic acids is 1. The second-order valence-corrected chi connectivity index (χ2v) is 5.06. The Hall–Kier alpha value is -1.58. The molecule has 0 amide bonds. The second-order valence-electron chi connectivity index (χ2n) is 4.70. The molecule has 0 aliphatic carbocycles. The van der Waals surface area contributed by atoms with Gasteiger partial charge in [0.2, 0.25) is 5.78 Å². The van der Waals surface area contributed by atoms with E-state index in [9.17, 15) is 27.9 Å². The molecule has 1 aromatic rings. The molecule has 1 unspecified atom stereocenters. The SMILES string of the molecule is Cc1c(C(=O)O)c(Cl)n(C)c1C(=O)C(O)N[C@H](C)C(F)(F)F. The van der Waals surface area contributed by atoms with Gasteiger partial charge in [0.05, 0.1) is 5.69 Å². The van der Waals surface area contributed by atoms with Crippen LogP contribution in [0.3, 0.4) is 0 Å². The van der Waals surface area contributed by atoms with E-state index in [0.29, 0.717) is 0 Å². The van der Waals surface area contributed by atoms with Crippen molar-refractivity contribution in [2.75, 3.05) is 0 Å². The van der Waals surface area contributed by atoms with Gasteiger partial charge in [0.15, 0.2) is 6.23 Å². The Labute approximate surface area is 128 Å². The number of aromatic carboxylic acids is 1. The number of carboxylic acid groups (broad SMARTS) is 1. The predicted octanol–water partition coefficient (Wildman–Crippen LogP) is 1.73. The van der Waals surface area contributed by atoms with Gasteiger partial charge in [-0.1, -0.05) is 11.6 Å². The fraction of sp³-hybridized carbons (Fsp3) is 0.500. The van der Waals surface area contributed by atoms with Crippen LogP contribution in [0.5, 0.6) is 0 Å². The Kier molecular flexibility index (Phi) is 5.26. The molecule has 0 saturated heterocycles. The highest BCUT2D eigenvalue weighted by Crippen LogP contribution is 2.27. The number of carbonyl (C=O) groups is 2. The van der Waals surface area contributed by atoms with Gasteiger partial charge in [-0.25, -0.2) is 4.79 Å². The monoisotopic (exact) mass is 342 g/mol. The fourth-order valence-corrected chi connectivity index (χ4v) is 2.23. The molecule has 124 valence electrons. The van der Waals surface area contributed by atoms with Crippen molar-refractivity contribution >= 4 is 23.4 Å². The molecule has 0 aliphatic heterocycles. The Bertz CT molecular complexity index is 612. The molecule has 0 radical (unpaired) electrons. The number of rotatable bonds is 5. The maximum Gasteiger partial charge on any atom is 0.403 e. The van der Waals surface area contributed by atoms with Gasteiger partial charge in [-0.05, 0) is 19.4 Å². The number of carboxylic acids is 1. The average Bonchev–Trinajstić information content (AvgIpc) is 2.58. The van der Waals surface area contributed by atoms with E-state index in [2.05, 4.69) is 0 Å². The molecule has 0 spiro atoms. The van der Waals surface area contributed by atoms with Crippen LogP contribution >= 0.6 is 11.6 Å². The lowest BCUT2D eigenvalue weighted by molar-refractivity contribution is -0.156. The molecule has 0 aromatic carbocycles. The summed E-state index contributed by atoms with van der Waals surface area (Å²) in [7, 11) is 1.27. The Morgan fingerprint density at radius 1 is 1.36 bits per heavy atom. The third-order valence-corrected chi connectivity index (χ3v) is 3.60. The molecular formula is C12H14ClF3N2O4. The van der Waals surface area contributed by atoms with E-state index in [-0.39, 0.29) is 22.0 Å². The number of aliphatic hydroxyl groups is 1. The third kappa shape index (κ3) is 3.42. The quantitative estimate of drug-likeness (QED) is 0.560. The van der Waals surface area contributed by atoms with Gasteiger partial charge in [0.1, 0.15) is 16.8 Å². The zero-order chi connectivity index (χ0) is 17.4. The number of ketones is 1. The Balaban J connectivity index is 3.14. The summed E-state index contributed by atoms with van der Waals surface area (Å²) < 4.78 is 38.3. The average molecular weight is 343 g/mol. The number of aliphatic hydroxyl groups excluding tert-OH is 1. The van der Waals surface area contributed by atoms with E-state index in [1.165, 1.54) is 14.0 Å². The largest absolute Gasteiger partial charge is 0.478 e. The van der Waals surface area contributed by atoms with Crippen molar-refractivity contribution in [3.05, 3.63) is 22.0 Å². The van der Waals surface area contributed by atoms with Crippen LogP contribution in [-0.4, -0.2) is 45.0 Å². The predicted molar refractivity (Wildman–Crippen MR) is 71.1 cm³/mol. The molecule has 2 atom stereocenters. The lowest BCUT2D eigenvalue weighted by Gasteiger charge is -2.21. The lowest BCUT2D eigenvalue weighted by atomic mass is 10.1. The highest BCUT2D eigenvalue weighted by molar-refractivity contribution is 6.33. The Morgan fingerprint density at radius 3 is 2.23 bits per heavy atom. The highest BCUT2D eigenvalue weighted by Gasteiger charge is 2.39. The molecule has 0 saturated carbocycles. The van der Waals surface area contributed by atoms with Crippen LogP contribution in [0.1, 0.15) is 33.3 Å². The van der Waals surface area contributed by atoms with Crippen LogP contribution in [0.2, 0.25) is 5.15 Å². The number of Topliss-reactive ketones (excluding diaryl/α,β-unsaturated/α-hetero) is 1. The number of halogens is 4. The van der Waals surface area contributed by atoms with Gasteiger partial charge >= 0.3 is 12.1 Å². The minimum Gasteiger partial charge on any atom is -0.478 e. The summed E-state index contributed by atoms with van der Waals surface area (Å²) in [5, 5.41) is 20.1. The standard InChI is InChI=1S/C12H14ClF3N2O4/c1-4-6(11(21)22)9(13)18(3)7(4)8(19)10(20)17-5(2)12(14,15)16/h5,10,17,20H,1-3H3,(H,21,22)/t5-,10?/m1/s1. The first-order valence-corrected chi connectivity index (χ1v) is 6.40. The van der Waals surface area contributed by atoms with Crippen LogP contribution < -0.4 is 5.32 Å². The van der Waals surface area contributed by atoms with E-state index in [1.807, 2.05) is 0 Å². The summed E-state index contributed by atoms with van der Waals surface area (Å²) >= 11 is 5.79. The molecule has 6 nitrogen and oxygen atoms in total. The normalized spacial score (nSPS) is 14.7. The topological polar surface area (TPSA) is 91.6 Å². The molecule has 0 fully saturated rings. The third-order valence-electron chi connectivity index (χ3n) is 3.16. The highest BCUT2D eigenvalue weighted by atomic mass is 35.5. The molecule has 0 bridgehead atoms. The number of hydrogen-bond donors (Lipinski definition) is 3. The zero-order valence-corrected chi connectivity index (χ0v) is 12.6. The fourth-order valence-electron chi connectivity index (χ4n) is 1.93. The Morgan fingerprint density at radius 2 is 1.86 bits per heavy atom. The summed E-state index contributed by atoms with van der Waals surface area (Å²) in [6.45, 7) is 2.02. The van der Waals surface area contributed by atoms with Gasteiger partial charge in [0.25, 0.3) is 0 Å². The summed E-state index contributed by atoms with van der Waals surface area (Å²) in [6.07, 6.45) is -6.80. The van der Waals surface area contributed by atoms with Crippen molar-refractivity contribution < 1.29 is 33.0 Å². The van der Waals surface area contributed by atoms with Gasteiger partial charge in [0, 0.05) is 7.05 Å². The van der Waals surface area contributed by atoms with Gasteiger partial charge in [-0.15, -0.1) is 0 Å². The number of aromatic nitrogens is 1. The van der Waals surface area contributed by atoms with Crippen LogP contribution in [0.25, 0.3) is 0 Å². The summed E-state index contributed by atoms with van der Waals surface area (Å²) in [4.78, 5) is 23.2. The number of alkyl halides is 3. The van der Waals surface area contributed by atoms with E-state index in [0.717, 1.165) is 11.5 Å². The molecule has 3 N–H and O–H groups in total. The zero-order valence-electron chi connectivity index (χ0n) is 11.8. The summed E-state index contributed by atoms with van der Waals surface area (Å²) in [6, 6.07) is -2.12.